The Morgan fingerprint density at radius 1 is 1.22 bits per heavy atom. The molecule has 0 unspecified atom stereocenters. The van der Waals surface area contributed by atoms with Crippen LogP contribution in [0.2, 0.25) is 0 Å². The average molecular weight is 455 g/mol. The first kappa shape index (κ1) is 17.1. The molecule has 0 spiro atoms. The topological polar surface area (TPSA) is 39.9 Å². The maximum absolute atomic E-state index is 12.2. The second kappa shape index (κ2) is 7.51. The van der Waals surface area contributed by atoms with Gasteiger partial charge < -0.3 is 17.6 Å². The Hall–Kier alpha value is -0.911. The fraction of sp³-hybridized carbons (Fsp3) is 0.100. The van der Waals surface area contributed by atoms with Gasteiger partial charge in [0.15, 0.2) is 0 Å². The SMILES string of the molecule is FC(F)(F)c1cc(-c2ccccn2)[n-]n1.[CH3-].[Cl][Ir+2]. The molecule has 2 rings (SSSR count). The van der Waals surface area contributed by atoms with Crippen molar-refractivity contribution in [3.63, 3.8) is 0 Å². The molecule has 0 saturated heterocycles. The monoisotopic (exact) mass is 455 g/mol. The van der Waals surface area contributed by atoms with Crippen molar-refractivity contribution in [2.75, 3.05) is 0 Å². The van der Waals surface area contributed by atoms with Crippen LogP contribution in [0.15, 0.2) is 30.5 Å². The summed E-state index contributed by atoms with van der Waals surface area (Å²) in [6.07, 6.45) is -2.97. The Morgan fingerprint density at radius 2 is 1.89 bits per heavy atom. The van der Waals surface area contributed by atoms with E-state index >= 15 is 0 Å². The molecule has 0 aliphatic rings. The van der Waals surface area contributed by atoms with E-state index in [4.69, 9.17) is 0 Å². The molecule has 0 bridgehead atoms. The first-order valence-electron chi connectivity index (χ1n) is 4.19. The predicted octanol–water partition coefficient (Wildman–Crippen LogP) is 3.26. The van der Waals surface area contributed by atoms with Gasteiger partial charge in [0.2, 0.25) is 0 Å². The van der Waals surface area contributed by atoms with Crippen molar-refractivity contribution in [3.05, 3.63) is 43.6 Å². The van der Waals surface area contributed by atoms with Gasteiger partial charge in [0.25, 0.3) is 0 Å². The molecule has 2 aromatic heterocycles. The summed E-state index contributed by atoms with van der Waals surface area (Å²) >= 11 is 1.47. The Bertz CT molecular complexity index is 459. The van der Waals surface area contributed by atoms with Gasteiger partial charge in [-0.25, -0.2) is 0 Å². The van der Waals surface area contributed by atoms with Crippen molar-refractivity contribution in [1.29, 1.82) is 0 Å². The summed E-state index contributed by atoms with van der Waals surface area (Å²) in [6.45, 7) is 0. The Morgan fingerprint density at radius 3 is 2.33 bits per heavy atom. The van der Waals surface area contributed by atoms with Gasteiger partial charge in [-0.3, -0.25) is 4.98 Å². The van der Waals surface area contributed by atoms with Crippen LogP contribution in [0.1, 0.15) is 5.69 Å². The molecule has 100 valence electrons. The molecular weight excluding hydrogens is 447 g/mol. The van der Waals surface area contributed by atoms with E-state index in [1.807, 2.05) is 0 Å². The third kappa shape index (κ3) is 4.40. The van der Waals surface area contributed by atoms with Crippen LogP contribution in [0.5, 0.6) is 0 Å². The third-order valence-electron chi connectivity index (χ3n) is 1.76. The number of alkyl halides is 3. The van der Waals surface area contributed by atoms with Crippen molar-refractivity contribution in [1.82, 2.24) is 15.2 Å². The number of pyridine rings is 1. The first-order chi connectivity index (χ1) is 8.07. The van der Waals surface area contributed by atoms with E-state index < -0.39 is 11.9 Å². The number of hydrogen-bond acceptors (Lipinski definition) is 2. The number of nitrogens with zero attached hydrogens (tertiary/aromatic N) is 3. The average Bonchev–Trinajstić information content (AvgIpc) is 2.82. The Kier molecular flexibility index (Phi) is 7.13. The minimum atomic E-state index is -4.46. The molecule has 2 aromatic rings. The molecular formula is C10H8ClF3IrN3. The molecule has 0 aliphatic heterocycles. The van der Waals surface area contributed by atoms with Gasteiger partial charge in [-0.05, 0) is 18.2 Å². The van der Waals surface area contributed by atoms with E-state index in [0.717, 1.165) is 6.07 Å². The number of aromatic nitrogens is 3. The zero-order valence-electron chi connectivity index (χ0n) is 9.07. The van der Waals surface area contributed by atoms with Crippen molar-refractivity contribution in [2.24, 2.45) is 0 Å². The molecule has 0 saturated carbocycles. The van der Waals surface area contributed by atoms with E-state index in [9.17, 15) is 13.2 Å². The van der Waals surface area contributed by atoms with Crippen LogP contribution < -0.4 is 5.10 Å². The van der Waals surface area contributed by atoms with Gasteiger partial charge in [0, 0.05) is 11.9 Å². The van der Waals surface area contributed by atoms with E-state index in [1.165, 1.54) is 24.1 Å². The summed E-state index contributed by atoms with van der Waals surface area (Å²) in [6, 6.07) is 5.79. The summed E-state index contributed by atoms with van der Waals surface area (Å²) in [4.78, 5) is 3.87. The summed E-state index contributed by atoms with van der Waals surface area (Å²) in [5.74, 6) is 0. The van der Waals surface area contributed by atoms with Crippen LogP contribution in [0.25, 0.3) is 11.4 Å². The summed E-state index contributed by atoms with van der Waals surface area (Å²) in [5.41, 5.74) is -0.494. The quantitative estimate of drug-likeness (QED) is 0.621. The maximum atomic E-state index is 12.2. The minimum absolute atomic E-state index is 0. The van der Waals surface area contributed by atoms with Crippen LogP contribution in [-0.2, 0) is 24.1 Å². The van der Waals surface area contributed by atoms with Crippen LogP contribution >= 0.6 is 9.58 Å². The Labute approximate surface area is 117 Å². The van der Waals surface area contributed by atoms with E-state index in [2.05, 4.69) is 24.8 Å². The summed E-state index contributed by atoms with van der Waals surface area (Å²) < 4.78 is 36.6. The standard InChI is InChI=1S/C9H5F3N3.CH3.ClH.Ir/c10-9(11,12)8-5-7(14-15-8)6-3-1-2-4-13-6;;;/h1-5H;1H3;1H;/q2*-1;;+3/p-1. The number of rotatable bonds is 1. The zero-order valence-corrected chi connectivity index (χ0v) is 12.2. The molecule has 0 aliphatic carbocycles. The fourth-order valence-corrected chi connectivity index (χ4v) is 1.07. The van der Waals surface area contributed by atoms with Crippen molar-refractivity contribution in [3.8, 4) is 11.4 Å². The van der Waals surface area contributed by atoms with E-state index in [-0.39, 0.29) is 13.1 Å². The number of halogens is 4. The van der Waals surface area contributed by atoms with Crippen molar-refractivity contribution >= 4 is 9.58 Å². The molecule has 0 radical (unpaired) electrons. The molecule has 18 heavy (non-hydrogen) atoms. The molecule has 2 heterocycles. The second-order valence-electron chi connectivity index (χ2n) is 2.83. The molecule has 8 heteroatoms. The van der Waals surface area contributed by atoms with Crippen LogP contribution in [0.4, 0.5) is 13.2 Å². The van der Waals surface area contributed by atoms with Crippen LogP contribution in [-0.4, -0.2) is 10.1 Å². The summed E-state index contributed by atoms with van der Waals surface area (Å²) in [5, 5.41) is 6.47. The van der Waals surface area contributed by atoms with E-state index in [0.29, 0.717) is 5.69 Å². The Balaban J connectivity index is 0.000000917. The molecule has 0 N–H and O–H groups in total. The van der Waals surface area contributed by atoms with Gasteiger partial charge in [-0.1, -0.05) is 11.8 Å². The van der Waals surface area contributed by atoms with Gasteiger partial charge in [-0.15, -0.1) is 0 Å². The van der Waals surface area contributed by atoms with Gasteiger partial charge in [-0.2, -0.15) is 13.2 Å². The third-order valence-corrected chi connectivity index (χ3v) is 1.76. The fourth-order valence-electron chi connectivity index (χ4n) is 1.07. The van der Waals surface area contributed by atoms with E-state index in [1.54, 1.807) is 18.2 Å². The molecule has 0 atom stereocenters. The summed E-state index contributed by atoms with van der Waals surface area (Å²) in [7, 11) is 4.64. The van der Waals surface area contributed by atoms with Gasteiger partial charge in [0.05, 0.1) is 0 Å². The van der Waals surface area contributed by atoms with Crippen molar-refractivity contribution < 1.29 is 31.1 Å². The normalized spacial score (nSPS) is 10.1. The zero-order chi connectivity index (χ0) is 12.9. The first-order valence-corrected chi connectivity index (χ1v) is 7.16. The second-order valence-corrected chi connectivity index (χ2v) is 2.83. The van der Waals surface area contributed by atoms with Crippen LogP contribution in [0.3, 0.4) is 0 Å². The molecule has 0 aromatic carbocycles. The van der Waals surface area contributed by atoms with Gasteiger partial charge >= 0.3 is 33.6 Å². The molecule has 0 amide bonds. The van der Waals surface area contributed by atoms with Gasteiger partial charge in [0.1, 0.15) is 5.69 Å². The molecule has 0 fully saturated rings. The van der Waals surface area contributed by atoms with Crippen LogP contribution in [0, 0.1) is 7.43 Å². The van der Waals surface area contributed by atoms with Crippen molar-refractivity contribution in [2.45, 2.75) is 6.18 Å². The molecule has 3 nitrogen and oxygen atoms in total. The number of hydrogen-bond donors (Lipinski definition) is 0. The predicted molar refractivity (Wildman–Crippen MR) is 58.1 cm³/mol.